The van der Waals surface area contributed by atoms with Crippen molar-refractivity contribution < 1.29 is 8.42 Å². The molecule has 3 aliphatic carbocycles. The van der Waals surface area contributed by atoms with E-state index >= 15 is 0 Å². The maximum Gasteiger partial charge on any atom is 0.150 e. The van der Waals surface area contributed by atoms with Gasteiger partial charge in [-0.3, -0.25) is 0 Å². The fourth-order valence-electron chi connectivity index (χ4n) is 5.22. The molecule has 0 aromatic carbocycles. The summed E-state index contributed by atoms with van der Waals surface area (Å²) in [5.41, 5.74) is 0. The lowest BCUT2D eigenvalue weighted by molar-refractivity contribution is 0.248. The van der Waals surface area contributed by atoms with Crippen molar-refractivity contribution in [3.8, 4) is 0 Å². The van der Waals surface area contributed by atoms with Crippen LogP contribution in [0.1, 0.15) is 51.4 Å². The maximum atomic E-state index is 11.9. The van der Waals surface area contributed by atoms with Crippen LogP contribution < -0.4 is 5.32 Å². The fourth-order valence-corrected chi connectivity index (χ4v) is 6.41. The SMILES string of the molecule is CNC(C1CCCC(S(C)(=O)=O)C1)C1C2CCCCC21. The summed E-state index contributed by atoms with van der Waals surface area (Å²) in [6.07, 6.45) is 11.1. The lowest BCUT2D eigenvalue weighted by atomic mass is 9.81. The highest BCUT2D eigenvalue weighted by Crippen LogP contribution is 2.58. The van der Waals surface area contributed by atoms with Crippen LogP contribution in [0.15, 0.2) is 0 Å². The number of rotatable bonds is 4. The number of nitrogens with one attached hydrogen (secondary N) is 1. The Balaban J connectivity index is 1.67. The Morgan fingerprint density at radius 3 is 2.20 bits per heavy atom. The topological polar surface area (TPSA) is 46.2 Å². The highest BCUT2D eigenvalue weighted by atomic mass is 32.2. The molecule has 0 bridgehead atoms. The van der Waals surface area contributed by atoms with Crippen molar-refractivity contribution in [2.24, 2.45) is 23.7 Å². The van der Waals surface area contributed by atoms with Crippen LogP contribution in [0.4, 0.5) is 0 Å². The molecule has 5 atom stereocenters. The first-order valence-electron chi connectivity index (χ1n) is 8.38. The van der Waals surface area contributed by atoms with Crippen molar-refractivity contribution in [1.82, 2.24) is 5.32 Å². The second kappa shape index (κ2) is 5.60. The van der Waals surface area contributed by atoms with Gasteiger partial charge in [0.15, 0.2) is 0 Å². The smallest absolute Gasteiger partial charge is 0.150 e. The van der Waals surface area contributed by atoms with E-state index in [1.54, 1.807) is 0 Å². The van der Waals surface area contributed by atoms with E-state index in [2.05, 4.69) is 12.4 Å². The van der Waals surface area contributed by atoms with Crippen LogP contribution >= 0.6 is 0 Å². The van der Waals surface area contributed by atoms with Crippen LogP contribution in [0, 0.1) is 23.7 Å². The molecule has 0 amide bonds. The van der Waals surface area contributed by atoms with Gasteiger partial charge in [0.2, 0.25) is 0 Å². The summed E-state index contributed by atoms with van der Waals surface area (Å²) in [5, 5.41) is 3.48. The molecule has 0 radical (unpaired) electrons. The molecule has 4 heteroatoms. The summed E-state index contributed by atoms with van der Waals surface area (Å²) < 4.78 is 23.7. The Labute approximate surface area is 123 Å². The first-order chi connectivity index (χ1) is 9.52. The van der Waals surface area contributed by atoms with Gasteiger partial charge in [0.05, 0.1) is 5.25 Å². The highest BCUT2D eigenvalue weighted by molar-refractivity contribution is 7.91. The van der Waals surface area contributed by atoms with E-state index in [0.29, 0.717) is 12.0 Å². The summed E-state index contributed by atoms with van der Waals surface area (Å²) in [6.45, 7) is 0. The molecule has 0 spiro atoms. The third-order valence-corrected chi connectivity index (χ3v) is 7.89. The first kappa shape index (κ1) is 14.8. The van der Waals surface area contributed by atoms with E-state index in [-0.39, 0.29) is 5.25 Å². The third kappa shape index (κ3) is 2.78. The Morgan fingerprint density at radius 1 is 1.00 bits per heavy atom. The predicted molar refractivity (Wildman–Crippen MR) is 82.4 cm³/mol. The minimum Gasteiger partial charge on any atom is -0.316 e. The van der Waals surface area contributed by atoms with Crippen molar-refractivity contribution in [2.45, 2.75) is 62.7 Å². The molecule has 0 heterocycles. The van der Waals surface area contributed by atoms with Crippen molar-refractivity contribution in [3.05, 3.63) is 0 Å². The molecule has 116 valence electrons. The van der Waals surface area contributed by atoms with Crippen molar-refractivity contribution in [3.63, 3.8) is 0 Å². The van der Waals surface area contributed by atoms with Gasteiger partial charge in [-0.15, -0.1) is 0 Å². The molecule has 1 N–H and O–H groups in total. The Bertz CT molecular complexity index is 435. The summed E-state index contributed by atoms with van der Waals surface area (Å²) in [5.74, 6) is 3.30. The molecule has 3 fully saturated rings. The lowest BCUT2D eigenvalue weighted by Gasteiger charge is -2.34. The third-order valence-electron chi connectivity index (χ3n) is 6.25. The lowest BCUT2D eigenvalue weighted by Crippen LogP contribution is -2.41. The van der Waals surface area contributed by atoms with Gasteiger partial charge in [-0.1, -0.05) is 19.3 Å². The number of hydrogen-bond donors (Lipinski definition) is 1. The Hall–Kier alpha value is -0.0900. The van der Waals surface area contributed by atoms with Gasteiger partial charge in [0.25, 0.3) is 0 Å². The molecular formula is C16H29NO2S. The fraction of sp³-hybridized carbons (Fsp3) is 1.00. The normalized spacial score (nSPS) is 42.8. The van der Waals surface area contributed by atoms with Crippen LogP contribution in [0.3, 0.4) is 0 Å². The first-order valence-corrected chi connectivity index (χ1v) is 10.3. The molecule has 0 aromatic rings. The van der Waals surface area contributed by atoms with E-state index in [1.807, 2.05) is 0 Å². The minimum atomic E-state index is -2.86. The minimum absolute atomic E-state index is 0.0853. The average molecular weight is 299 g/mol. The van der Waals surface area contributed by atoms with Gasteiger partial charge in [0, 0.05) is 12.3 Å². The molecule has 3 rings (SSSR count). The van der Waals surface area contributed by atoms with Gasteiger partial charge >= 0.3 is 0 Å². The Kier molecular flexibility index (Phi) is 4.15. The zero-order valence-corrected chi connectivity index (χ0v) is 13.7. The van der Waals surface area contributed by atoms with Crippen molar-refractivity contribution >= 4 is 9.84 Å². The molecular weight excluding hydrogens is 270 g/mol. The zero-order valence-electron chi connectivity index (χ0n) is 12.8. The standard InChI is InChI=1S/C16H29NO2S/c1-17-16(15-13-8-3-4-9-14(13)15)11-6-5-7-12(10-11)20(2,18)19/h11-17H,3-10H2,1-2H3. The molecule has 5 unspecified atom stereocenters. The van der Waals surface area contributed by atoms with Gasteiger partial charge < -0.3 is 5.32 Å². The molecule has 3 aliphatic rings. The zero-order chi connectivity index (χ0) is 14.3. The summed E-state index contributed by atoms with van der Waals surface area (Å²) in [7, 11) is -0.777. The number of fused-ring (bicyclic) bond motifs is 1. The molecule has 0 aliphatic heterocycles. The molecule has 3 nitrogen and oxygen atoms in total. The predicted octanol–water partition coefficient (Wildman–Crippen LogP) is 2.61. The second-order valence-corrected chi connectivity index (χ2v) is 9.71. The van der Waals surface area contributed by atoms with Gasteiger partial charge in [0.1, 0.15) is 9.84 Å². The maximum absolute atomic E-state index is 11.9. The summed E-state index contributed by atoms with van der Waals surface area (Å²) in [4.78, 5) is 0. The van der Waals surface area contributed by atoms with Gasteiger partial charge in [-0.05, 0) is 62.8 Å². The molecule has 0 aromatic heterocycles. The average Bonchev–Trinajstić information content (AvgIpc) is 3.14. The van der Waals surface area contributed by atoms with Crippen LogP contribution in [-0.2, 0) is 9.84 Å². The quantitative estimate of drug-likeness (QED) is 0.868. The van der Waals surface area contributed by atoms with Crippen molar-refractivity contribution in [1.29, 1.82) is 0 Å². The number of sulfone groups is 1. The van der Waals surface area contributed by atoms with E-state index in [9.17, 15) is 8.42 Å². The van der Waals surface area contributed by atoms with E-state index < -0.39 is 9.84 Å². The number of hydrogen-bond acceptors (Lipinski definition) is 3. The largest absolute Gasteiger partial charge is 0.316 e. The van der Waals surface area contributed by atoms with Crippen LogP contribution in [-0.4, -0.2) is 33.0 Å². The monoisotopic (exact) mass is 299 g/mol. The summed E-state index contributed by atoms with van der Waals surface area (Å²) >= 11 is 0. The molecule has 0 saturated heterocycles. The highest BCUT2D eigenvalue weighted by Gasteiger charge is 2.55. The van der Waals surface area contributed by atoms with Crippen LogP contribution in [0.5, 0.6) is 0 Å². The molecule has 3 saturated carbocycles. The van der Waals surface area contributed by atoms with E-state index in [0.717, 1.165) is 37.0 Å². The van der Waals surface area contributed by atoms with E-state index in [1.165, 1.54) is 38.4 Å². The summed E-state index contributed by atoms with van der Waals surface area (Å²) in [6, 6.07) is 0.563. The van der Waals surface area contributed by atoms with E-state index in [4.69, 9.17) is 0 Å². The van der Waals surface area contributed by atoms with Crippen LogP contribution in [0.25, 0.3) is 0 Å². The second-order valence-electron chi connectivity index (χ2n) is 7.38. The Morgan fingerprint density at radius 2 is 1.65 bits per heavy atom. The van der Waals surface area contributed by atoms with Gasteiger partial charge in [-0.25, -0.2) is 8.42 Å². The van der Waals surface area contributed by atoms with Gasteiger partial charge in [-0.2, -0.15) is 0 Å². The molecule has 20 heavy (non-hydrogen) atoms. The van der Waals surface area contributed by atoms with Crippen molar-refractivity contribution in [2.75, 3.05) is 13.3 Å². The van der Waals surface area contributed by atoms with Crippen LogP contribution in [0.2, 0.25) is 0 Å².